The second-order valence-electron chi connectivity index (χ2n) is 2.98. The zero-order chi connectivity index (χ0) is 11.7. The van der Waals surface area contributed by atoms with Crippen LogP contribution in [0.4, 0.5) is 0 Å². The van der Waals surface area contributed by atoms with Crippen molar-refractivity contribution in [2.75, 3.05) is 26.2 Å². The summed E-state index contributed by atoms with van der Waals surface area (Å²) in [5.74, 6) is -1.89. The number of nitrogens with one attached hydrogen (secondary N) is 2. The van der Waals surface area contributed by atoms with Crippen molar-refractivity contribution in [3.63, 3.8) is 0 Å². The maximum absolute atomic E-state index is 10.7. The first kappa shape index (κ1) is 13.8. The fourth-order valence-electron chi connectivity index (χ4n) is 0.946. The SMILES string of the molecule is NCCN[C@@H](CNCCC(=O)O)C(=O)O. The number of nitrogens with two attached hydrogens (primary N) is 1. The molecule has 0 saturated carbocycles. The molecule has 0 saturated heterocycles. The van der Waals surface area contributed by atoms with E-state index >= 15 is 0 Å². The maximum atomic E-state index is 10.7. The second kappa shape index (κ2) is 8.16. The molecule has 0 rings (SSSR count). The van der Waals surface area contributed by atoms with Crippen LogP contribution in [0.3, 0.4) is 0 Å². The van der Waals surface area contributed by atoms with Crippen molar-refractivity contribution in [2.45, 2.75) is 12.5 Å². The summed E-state index contributed by atoms with van der Waals surface area (Å²) in [7, 11) is 0. The third-order valence-corrected chi connectivity index (χ3v) is 1.70. The molecule has 0 aromatic carbocycles. The average molecular weight is 219 g/mol. The van der Waals surface area contributed by atoms with Gasteiger partial charge in [0.25, 0.3) is 0 Å². The quantitative estimate of drug-likeness (QED) is 0.285. The number of hydrogen-bond donors (Lipinski definition) is 5. The van der Waals surface area contributed by atoms with E-state index in [-0.39, 0.29) is 19.5 Å². The molecule has 15 heavy (non-hydrogen) atoms. The fourth-order valence-corrected chi connectivity index (χ4v) is 0.946. The van der Waals surface area contributed by atoms with Gasteiger partial charge in [0.05, 0.1) is 6.42 Å². The largest absolute Gasteiger partial charge is 0.481 e. The highest BCUT2D eigenvalue weighted by atomic mass is 16.4. The normalized spacial score (nSPS) is 12.3. The van der Waals surface area contributed by atoms with Crippen LogP contribution in [0.5, 0.6) is 0 Å². The smallest absolute Gasteiger partial charge is 0.322 e. The number of hydrogen-bond acceptors (Lipinski definition) is 5. The Bertz CT molecular complexity index is 210. The molecule has 88 valence electrons. The summed E-state index contributed by atoms with van der Waals surface area (Å²) in [5, 5.41) is 22.6. The zero-order valence-corrected chi connectivity index (χ0v) is 8.40. The van der Waals surface area contributed by atoms with E-state index in [9.17, 15) is 9.59 Å². The van der Waals surface area contributed by atoms with Crippen molar-refractivity contribution in [1.29, 1.82) is 0 Å². The minimum atomic E-state index is -0.980. The molecule has 7 nitrogen and oxygen atoms in total. The molecule has 0 aromatic heterocycles. The molecule has 1 atom stereocenters. The molecule has 0 bridgehead atoms. The summed E-state index contributed by atoms with van der Waals surface area (Å²) in [5.41, 5.74) is 5.22. The predicted molar refractivity (Wildman–Crippen MR) is 53.6 cm³/mol. The van der Waals surface area contributed by atoms with Crippen LogP contribution in [0.15, 0.2) is 0 Å². The van der Waals surface area contributed by atoms with Crippen LogP contribution in [0.25, 0.3) is 0 Å². The topological polar surface area (TPSA) is 125 Å². The van der Waals surface area contributed by atoms with Crippen LogP contribution in [-0.2, 0) is 9.59 Å². The first-order valence-electron chi connectivity index (χ1n) is 4.66. The Hall–Kier alpha value is -1.18. The van der Waals surface area contributed by atoms with E-state index in [1.165, 1.54) is 0 Å². The van der Waals surface area contributed by atoms with Gasteiger partial charge in [-0.05, 0) is 0 Å². The molecule has 0 heterocycles. The summed E-state index contributed by atoms with van der Waals surface area (Å²) >= 11 is 0. The van der Waals surface area contributed by atoms with Crippen molar-refractivity contribution in [3.8, 4) is 0 Å². The van der Waals surface area contributed by atoms with Gasteiger partial charge in [-0.2, -0.15) is 0 Å². The Kier molecular flexibility index (Phi) is 7.51. The molecule has 0 fully saturated rings. The van der Waals surface area contributed by atoms with E-state index in [4.69, 9.17) is 15.9 Å². The number of carbonyl (C=O) groups is 2. The molecule has 0 unspecified atom stereocenters. The number of aliphatic carboxylic acids is 2. The van der Waals surface area contributed by atoms with Crippen LogP contribution in [0.1, 0.15) is 6.42 Å². The monoisotopic (exact) mass is 219 g/mol. The van der Waals surface area contributed by atoms with Gasteiger partial charge in [0.1, 0.15) is 6.04 Å². The van der Waals surface area contributed by atoms with Crippen molar-refractivity contribution in [3.05, 3.63) is 0 Å². The van der Waals surface area contributed by atoms with Crippen LogP contribution in [0.2, 0.25) is 0 Å². The molecule has 0 aliphatic carbocycles. The molecule has 7 heteroatoms. The summed E-state index contributed by atoms with van der Waals surface area (Å²) in [6, 6.07) is -0.734. The van der Waals surface area contributed by atoms with Gasteiger partial charge in [-0.15, -0.1) is 0 Å². The zero-order valence-electron chi connectivity index (χ0n) is 8.40. The van der Waals surface area contributed by atoms with E-state index in [1.807, 2.05) is 0 Å². The first-order chi connectivity index (χ1) is 7.07. The highest BCUT2D eigenvalue weighted by molar-refractivity contribution is 5.73. The highest BCUT2D eigenvalue weighted by Crippen LogP contribution is 1.83. The Labute approximate surface area is 87.6 Å². The van der Waals surface area contributed by atoms with E-state index in [0.29, 0.717) is 13.1 Å². The van der Waals surface area contributed by atoms with E-state index in [1.54, 1.807) is 0 Å². The fraction of sp³-hybridized carbons (Fsp3) is 0.750. The van der Waals surface area contributed by atoms with Gasteiger partial charge >= 0.3 is 11.9 Å². The summed E-state index contributed by atoms with van der Waals surface area (Å²) in [4.78, 5) is 20.8. The third kappa shape index (κ3) is 7.86. The van der Waals surface area contributed by atoms with E-state index in [2.05, 4.69) is 10.6 Å². The first-order valence-corrected chi connectivity index (χ1v) is 4.66. The Morgan fingerprint density at radius 2 is 1.93 bits per heavy atom. The van der Waals surface area contributed by atoms with Gasteiger partial charge in [0.15, 0.2) is 0 Å². The molecule has 0 radical (unpaired) electrons. The van der Waals surface area contributed by atoms with Crippen LogP contribution >= 0.6 is 0 Å². The Morgan fingerprint density at radius 1 is 1.27 bits per heavy atom. The maximum Gasteiger partial charge on any atom is 0.322 e. The molecule has 0 amide bonds. The predicted octanol–water partition coefficient (Wildman–Crippen LogP) is -1.95. The third-order valence-electron chi connectivity index (χ3n) is 1.70. The lowest BCUT2D eigenvalue weighted by atomic mass is 10.3. The summed E-state index contributed by atoms with van der Waals surface area (Å²) in [6.07, 6.45) is -0.0246. The lowest BCUT2D eigenvalue weighted by Crippen LogP contribution is -2.46. The molecule has 0 aromatic rings. The number of carboxylic acids is 2. The molecule has 6 N–H and O–H groups in total. The highest BCUT2D eigenvalue weighted by Gasteiger charge is 2.15. The van der Waals surface area contributed by atoms with Crippen LogP contribution in [-0.4, -0.2) is 54.4 Å². The van der Waals surface area contributed by atoms with Crippen molar-refractivity contribution in [2.24, 2.45) is 5.73 Å². The molecular formula is C8H17N3O4. The van der Waals surface area contributed by atoms with Crippen molar-refractivity contribution >= 4 is 11.9 Å². The van der Waals surface area contributed by atoms with Crippen LogP contribution < -0.4 is 16.4 Å². The second-order valence-corrected chi connectivity index (χ2v) is 2.98. The van der Waals surface area contributed by atoms with E-state index < -0.39 is 18.0 Å². The van der Waals surface area contributed by atoms with Gasteiger partial charge in [0.2, 0.25) is 0 Å². The molecule has 0 aliphatic rings. The summed E-state index contributed by atoms with van der Waals surface area (Å²) in [6.45, 7) is 1.21. The summed E-state index contributed by atoms with van der Waals surface area (Å²) < 4.78 is 0. The van der Waals surface area contributed by atoms with Gasteiger partial charge in [-0.25, -0.2) is 0 Å². The standard InChI is InChI=1S/C8H17N3O4/c9-2-4-11-6(8(14)15)5-10-3-1-7(12)13/h6,10-11H,1-5,9H2,(H,12,13)(H,14,15)/t6-/m0/s1. The Morgan fingerprint density at radius 3 is 2.40 bits per heavy atom. The van der Waals surface area contributed by atoms with Crippen LogP contribution in [0, 0.1) is 0 Å². The van der Waals surface area contributed by atoms with Gasteiger partial charge in [0, 0.05) is 26.2 Å². The lowest BCUT2D eigenvalue weighted by Gasteiger charge is -2.14. The lowest BCUT2D eigenvalue weighted by molar-refractivity contribution is -0.139. The van der Waals surface area contributed by atoms with Gasteiger partial charge < -0.3 is 26.6 Å². The van der Waals surface area contributed by atoms with Crippen molar-refractivity contribution < 1.29 is 19.8 Å². The minimum Gasteiger partial charge on any atom is -0.481 e. The van der Waals surface area contributed by atoms with Gasteiger partial charge in [-0.3, -0.25) is 9.59 Å². The van der Waals surface area contributed by atoms with Gasteiger partial charge in [-0.1, -0.05) is 0 Å². The molecule has 0 spiro atoms. The average Bonchev–Trinajstić information content (AvgIpc) is 2.15. The Balaban J connectivity index is 3.66. The molecule has 0 aliphatic heterocycles. The minimum absolute atomic E-state index is 0.0246. The number of rotatable bonds is 9. The number of carboxylic acid groups (broad SMARTS) is 2. The van der Waals surface area contributed by atoms with E-state index in [0.717, 1.165) is 0 Å². The van der Waals surface area contributed by atoms with Crippen molar-refractivity contribution in [1.82, 2.24) is 10.6 Å². The molecular weight excluding hydrogens is 202 g/mol.